The van der Waals surface area contributed by atoms with Crippen molar-refractivity contribution in [3.05, 3.63) is 23.8 Å². The zero-order valence-electron chi connectivity index (χ0n) is 10.6. The van der Waals surface area contributed by atoms with Gasteiger partial charge in [-0.05, 0) is 30.5 Å². The number of hydrogen-bond acceptors (Lipinski definition) is 3. The van der Waals surface area contributed by atoms with Crippen molar-refractivity contribution in [2.24, 2.45) is 11.7 Å². The molecule has 0 unspecified atom stereocenters. The average molecular weight is 300 g/mol. The monoisotopic (exact) mass is 299 g/mol. The number of nitrogens with two attached hydrogens (primary N) is 1. The molecule has 0 saturated carbocycles. The third-order valence-corrected chi connectivity index (χ3v) is 2.36. The van der Waals surface area contributed by atoms with Gasteiger partial charge in [0.15, 0.2) is 0 Å². The Kier molecular flexibility index (Phi) is 6.45. The summed E-state index contributed by atoms with van der Waals surface area (Å²) < 4.78 is 40.0. The number of benzene rings is 1. The van der Waals surface area contributed by atoms with Crippen LogP contribution in [0.2, 0.25) is 0 Å². The molecule has 1 aromatic carbocycles. The smallest absolute Gasteiger partial charge is 0.508 e. The molecule has 0 bridgehead atoms. The maximum Gasteiger partial charge on any atom is 0.573 e. The van der Waals surface area contributed by atoms with Crippen molar-refractivity contribution in [2.75, 3.05) is 0 Å². The molecule has 110 valence electrons. The molecule has 0 aliphatic rings. The second-order valence-corrected chi connectivity index (χ2v) is 4.50. The van der Waals surface area contributed by atoms with Gasteiger partial charge in [-0.15, -0.1) is 25.6 Å². The second kappa shape index (κ2) is 6.86. The molecule has 3 nitrogen and oxygen atoms in total. The number of phenols is 1. The Morgan fingerprint density at radius 1 is 1.32 bits per heavy atom. The molecule has 7 heteroatoms. The molecule has 3 N–H and O–H groups in total. The minimum absolute atomic E-state index is 0. The summed E-state index contributed by atoms with van der Waals surface area (Å²) in [4.78, 5) is 0. The van der Waals surface area contributed by atoms with Crippen LogP contribution in [0.15, 0.2) is 18.2 Å². The van der Waals surface area contributed by atoms with Crippen molar-refractivity contribution < 1.29 is 23.0 Å². The lowest BCUT2D eigenvalue weighted by atomic mass is 9.97. The normalized spacial score (nSPS) is 13.0. The summed E-state index contributed by atoms with van der Waals surface area (Å²) in [5.74, 6) is -0.237. The van der Waals surface area contributed by atoms with Gasteiger partial charge in [0.2, 0.25) is 0 Å². The van der Waals surface area contributed by atoms with Gasteiger partial charge in [0, 0.05) is 11.6 Å². The molecule has 0 aromatic heterocycles. The summed E-state index contributed by atoms with van der Waals surface area (Å²) in [6, 6.07) is 2.79. The number of hydrogen-bond donors (Lipinski definition) is 2. The summed E-state index contributed by atoms with van der Waals surface area (Å²) in [5, 5.41) is 9.60. The van der Waals surface area contributed by atoms with E-state index in [1.54, 1.807) is 0 Å². The Morgan fingerprint density at radius 2 is 1.89 bits per heavy atom. The molecule has 1 rings (SSSR count). The summed E-state index contributed by atoms with van der Waals surface area (Å²) in [5.41, 5.74) is 6.09. The SMILES string of the molecule is CC(C)C[C@@H](N)c1cc(OC(F)(F)F)ccc1O.Cl. The average Bonchev–Trinajstić information content (AvgIpc) is 2.17. The third kappa shape index (κ3) is 6.02. The van der Waals surface area contributed by atoms with Gasteiger partial charge in [-0.2, -0.15) is 0 Å². The Morgan fingerprint density at radius 3 is 2.37 bits per heavy atom. The first kappa shape index (κ1) is 17.9. The van der Waals surface area contributed by atoms with Gasteiger partial charge < -0.3 is 15.6 Å². The van der Waals surface area contributed by atoms with Crippen LogP contribution in [0.4, 0.5) is 13.2 Å². The molecule has 1 atom stereocenters. The summed E-state index contributed by atoms with van der Waals surface area (Å²) >= 11 is 0. The highest BCUT2D eigenvalue weighted by Crippen LogP contribution is 2.32. The highest BCUT2D eigenvalue weighted by atomic mass is 35.5. The van der Waals surface area contributed by atoms with Crippen molar-refractivity contribution in [3.63, 3.8) is 0 Å². The minimum atomic E-state index is -4.75. The van der Waals surface area contributed by atoms with Gasteiger partial charge in [-0.3, -0.25) is 0 Å². The number of ether oxygens (including phenoxy) is 1. The fraction of sp³-hybridized carbons (Fsp3) is 0.500. The van der Waals surface area contributed by atoms with Crippen LogP contribution in [-0.4, -0.2) is 11.5 Å². The van der Waals surface area contributed by atoms with Gasteiger partial charge in [0.1, 0.15) is 11.5 Å². The Bertz CT molecular complexity index is 410. The Balaban J connectivity index is 0.00000324. The van der Waals surface area contributed by atoms with Crippen LogP contribution in [0.25, 0.3) is 0 Å². The lowest BCUT2D eigenvalue weighted by molar-refractivity contribution is -0.274. The number of rotatable bonds is 4. The van der Waals surface area contributed by atoms with Crippen LogP contribution < -0.4 is 10.5 Å². The van der Waals surface area contributed by atoms with E-state index in [-0.39, 0.29) is 35.4 Å². The van der Waals surface area contributed by atoms with Crippen LogP contribution in [0.5, 0.6) is 11.5 Å². The zero-order chi connectivity index (χ0) is 13.9. The van der Waals surface area contributed by atoms with Gasteiger partial charge in [0.05, 0.1) is 0 Å². The van der Waals surface area contributed by atoms with E-state index in [4.69, 9.17) is 5.73 Å². The minimum Gasteiger partial charge on any atom is -0.508 e. The van der Waals surface area contributed by atoms with E-state index in [2.05, 4.69) is 4.74 Å². The van der Waals surface area contributed by atoms with Crippen molar-refractivity contribution in [3.8, 4) is 11.5 Å². The zero-order valence-corrected chi connectivity index (χ0v) is 11.4. The van der Waals surface area contributed by atoms with E-state index < -0.39 is 12.4 Å². The van der Waals surface area contributed by atoms with Crippen molar-refractivity contribution in [1.82, 2.24) is 0 Å². The first-order valence-electron chi connectivity index (χ1n) is 5.53. The molecule has 0 aliphatic carbocycles. The van der Waals surface area contributed by atoms with E-state index in [1.165, 1.54) is 0 Å². The van der Waals surface area contributed by atoms with E-state index in [0.717, 1.165) is 18.2 Å². The van der Waals surface area contributed by atoms with E-state index in [9.17, 15) is 18.3 Å². The van der Waals surface area contributed by atoms with Gasteiger partial charge in [-0.1, -0.05) is 13.8 Å². The summed E-state index contributed by atoms with van der Waals surface area (Å²) in [6.07, 6.45) is -4.20. The highest BCUT2D eigenvalue weighted by Gasteiger charge is 2.31. The van der Waals surface area contributed by atoms with E-state index in [0.29, 0.717) is 6.42 Å². The summed E-state index contributed by atoms with van der Waals surface area (Å²) in [7, 11) is 0. The Labute approximate surface area is 116 Å². The van der Waals surface area contributed by atoms with Gasteiger partial charge in [0.25, 0.3) is 0 Å². The van der Waals surface area contributed by atoms with Gasteiger partial charge >= 0.3 is 6.36 Å². The molecule has 0 amide bonds. The number of halogens is 4. The first-order valence-corrected chi connectivity index (χ1v) is 5.53. The lowest BCUT2D eigenvalue weighted by Gasteiger charge is -2.17. The van der Waals surface area contributed by atoms with Gasteiger partial charge in [-0.25, -0.2) is 0 Å². The van der Waals surface area contributed by atoms with E-state index >= 15 is 0 Å². The predicted molar refractivity (Wildman–Crippen MR) is 68.4 cm³/mol. The second-order valence-electron chi connectivity index (χ2n) is 4.50. The molecule has 0 heterocycles. The third-order valence-electron chi connectivity index (χ3n) is 2.36. The molecular weight excluding hydrogens is 283 g/mol. The Hall–Kier alpha value is -1.14. The van der Waals surface area contributed by atoms with E-state index in [1.807, 2.05) is 13.8 Å². The fourth-order valence-corrected chi connectivity index (χ4v) is 1.66. The highest BCUT2D eigenvalue weighted by molar-refractivity contribution is 5.85. The van der Waals surface area contributed by atoms with Crippen molar-refractivity contribution in [2.45, 2.75) is 32.7 Å². The number of alkyl halides is 3. The quantitative estimate of drug-likeness (QED) is 0.890. The maximum atomic E-state index is 12.1. The lowest BCUT2D eigenvalue weighted by Crippen LogP contribution is -2.18. The van der Waals surface area contributed by atoms with Crippen LogP contribution in [0.3, 0.4) is 0 Å². The molecule has 0 spiro atoms. The molecule has 19 heavy (non-hydrogen) atoms. The van der Waals surface area contributed by atoms with Crippen LogP contribution in [-0.2, 0) is 0 Å². The molecule has 0 aliphatic heterocycles. The fourth-order valence-electron chi connectivity index (χ4n) is 1.66. The topological polar surface area (TPSA) is 55.5 Å². The van der Waals surface area contributed by atoms with Crippen LogP contribution in [0.1, 0.15) is 31.9 Å². The van der Waals surface area contributed by atoms with Crippen molar-refractivity contribution in [1.29, 1.82) is 0 Å². The molecule has 1 aromatic rings. The largest absolute Gasteiger partial charge is 0.573 e. The predicted octanol–water partition coefficient (Wildman–Crippen LogP) is 3.76. The first-order chi connectivity index (χ1) is 8.19. The molecule has 0 saturated heterocycles. The van der Waals surface area contributed by atoms with Crippen molar-refractivity contribution >= 4 is 12.4 Å². The molecular formula is C12H17ClF3NO2. The molecule has 0 radical (unpaired) electrons. The summed E-state index contributed by atoms with van der Waals surface area (Å²) in [6.45, 7) is 3.87. The van der Waals surface area contributed by atoms with Crippen LogP contribution in [0, 0.1) is 5.92 Å². The maximum absolute atomic E-state index is 12.1. The number of phenolic OH excluding ortho intramolecular Hbond substituents is 1. The number of aromatic hydroxyl groups is 1. The van der Waals surface area contributed by atoms with Crippen LogP contribution >= 0.6 is 12.4 Å². The molecule has 0 fully saturated rings. The standard InChI is InChI=1S/C12H16F3NO2.ClH/c1-7(2)5-10(16)9-6-8(3-4-11(9)17)18-12(13,14)15;/h3-4,6-7,10,17H,5,16H2,1-2H3;1H/t10-;/m1./s1.